The lowest BCUT2D eigenvalue weighted by Crippen LogP contribution is -2.30. The third-order valence-corrected chi connectivity index (χ3v) is 19.1. The van der Waals surface area contributed by atoms with Gasteiger partial charge in [0, 0.05) is 25.7 Å². The summed E-state index contributed by atoms with van der Waals surface area (Å²) in [5.74, 6) is -0.579. The molecule has 552 valence electrons. The van der Waals surface area contributed by atoms with Crippen LogP contribution in [0.2, 0.25) is 0 Å². The monoisotopic (exact) mass is 1370 g/mol. The zero-order valence-electron chi connectivity index (χ0n) is 60.6. The first-order chi connectivity index (χ1) is 44.9. The molecule has 2 unspecified atom stereocenters. The standard InChI is InChI=1S/C74H144O17P2/c1-7-9-11-13-15-17-19-20-21-27-34-40-46-52-58-73(78)90-69(62-84-71(76)56-50-44-38-32-24-18-16-14-12-10-8-2)64-88-92(80,81)86-60-68(75)61-87-93(82,83)89-65-70(91-74(79)59-53-47-41-35-29-23-26-31-37-43-49-55-67(5)6)63-85-72(77)57-51-45-39-33-28-22-25-30-36-42-48-54-66(3)4/h66-70,75H,7-65H2,1-6H3,(H,80,81)(H,82,83)/t68-,69+,70+/m0/s1. The Morgan fingerprint density at radius 1 is 0.290 bits per heavy atom. The van der Waals surface area contributed by atoms with Crippen molar-refractivity contribution in [2.75, 3.05) is 39.6 Å². The van der Waals surface area contributed by atoms with Crippen molar-refractivity contribution in [3.8, 4) is 0 Å². The van der Waals surface area contributed by atoms with Gasteiger partial charge in [-0.25, -0.2) is 9.13 Å². The highest BCUT2D eigenvalue weighted by atomic mass is 31.2. The van der Waals surface area contributed by atoms with E-state index in [-0.39, 0.29) is 25.7 Å². The minimum absolute atomic E-state index is 0.107. The second kappa shape index (κ2) is 66.0. The number of phosphoric ester groups is 2. The van der Waals surface area contributed by atoms with Crippen molar-refractivity contribution in [3.63, 3.8) is 0 Å². The van der Waals surface area contributed by atoms with Crippen LogP contribution in [0.25, 0.3) is 0 Å². The molecule has 0 saturated carbocycles. The van der Waals surface area contributed by atoms with Crippen LogP contribution in [0.4, 0.5) is 0 Å². The molecule has 3 N–H and O–H groups in total. The number of aliphatic hydroxyl groups is 1. The predicted octanol–water partition coefficient (Wildman–Crippen LogP) is 21.6. The number of esters is 4. The summed E-state index contributed by atoms with van der Waals surface area (Å²) in [6, 6.07) is 0. The second-order valence-corrected chi connectivity index (χ2v) is 30.5. The Balaban J connectivity index is 5.26. The Hall–Kier alpha value is -1.94. The largest absolute Gasteiger partial charge is 0.472 e. The molecule has 0 saturated heterocycles. The maximum Gasteiger partial charge on any atom is 0.472 e. The van der Waals surface area contributed by atoms with Crippen LogP contribution in [0.3, 0.4) is 0 Å². The third kappa shape index (κ3) is 68.4. The van der Waals surface area contributed by atoms with E-state index in [1.165, 1.54) is 199 Å². The van der Waals surface area contributed by atoms with Crippen LogP contribution < -0.4 is 0 Å². The van der Waals surface area contributed by atoms with Gasteiger partial charge in [-0.05, 0) is 37.5 Å². The number of ether oxygens (including phenoxy) is 4. The van der Waals surface area contributed by atoms with Crippen molar-refractivity contribution in [2.45, 2.75) is 400 Å². The first-order valence-electron chi connectivity index (χ1n) is 38.5. The normalized spacial score (nSPS) is 14.1. The molecule has 0 rings (SSSR count). The van der Waals surface area contributed by atoms with Gasteiger partial charge in [0.15, 0.2) is 12.2 Å². The summed E-state index contributed by atoms with van der Waals surface area (Å²) in [5.41, 5.74) is 0. The number of hydrogen-bond donors (Lipinski definition) is 3. The van der Waals surface area contributed by atoms with Crippen molar-refractivity contribution in [1.29, 1.82) is 0 Å². The van der Waals surface area contributed by atoms with Crippen molar-refractivity contribution in [2.24, 2.45) is 11.8 Å². The highest BCUT2D eigenvalue weighted by Crippen LogP contribution is 2.45. The van der Waals surface area contributed by atoms with Gasteiger partial charge >= 0.3 is 39.5 Å². The fourth-order valence-corrected chi connectivity index (χ4v) is 12.9. The smallest absolute Gasteiger partial charge is 0.462 e. The predicted molar refractivity (Wildman–Crippen MR) is 377 cm³/mol. The average molecular weight is 1370 g/mol. The molecule has 93 heavy (non-hydrogen) atoms. The molecule has 0 aromatic rings. The zero-order valence-corrected chi connectivity index (χ0v) is 62.3. The summed E-state index contributed by atoms with van der Waals surface area (Å²) in [5, 5.41) is 10.6. The Bertz CT molecular complexity index is 1800. The molecule has 0 heterocycles. The van der Waals surface area contributed by atoms with Crippen LogP contribution in [0.5, 0.6) is 0 Å². The average Bonchev–Trinajstić information content (AvgIpc) is 3.61. The fraction of sp³-hybridized carbons (Fsp3) is 0.946. The van der Waals surface area contributed by atoms with Crippen molar-refractivity contribution < 1.29 is 80.2 Å². The molecule has 0 radical (unpaired) electrons. The van der Waals surface area contributed by atoms with Crippen LogP contribution in [-0.4, -0.2) is 96.7 Å². The van der Waals surface area contributed by atoms with Gasteiger partial charge in [0.2, 0.25) is 0 Å². The van der Waals surface area contributed by atoms with E-state index in [1.54, 1.807) is 0 Å². The Kier molecular flexibility index (Phi) is 64.6. The van der Waals surface area contributed by atoms with Crippen molar-refractivity contribution in [1.82, 2.24) is 0 Å². The van der Waals surface area contributed by atoms with E-state index in [2.05, 4.69) is 41.5 Å². The van der Waals surface area contributed by atoms with Gasteiger partial charge in [-0.1, -0.05) is 330 Å². The Morgan fingerprint density at radius 3 is 0.731 bits per heavy atom. The van der Waals surface area contributed by atoms with Gasteiger partial charge < -0.3 is 33.8 Å². The molecule has 0 spiro atoms. The van der Waals surface area contributed by atoms with E-state index in [0.29, 0.717) is 25.7 Å². The maximum atomic E-state index is 13.1. The highest BCUT2D eigenvalue weighted by molar-refractivity contribution is 7.47. The SMILES string of the molecule is CCCCCCCCCCCCCCCCC(=O)O[C@H](COC(=O)CCCCCCCCCCCCC)COP(=O)(O)OC[C@H](O)COP(=O)(O)OC[C@@H](COC(=O)CCCCCCCCCCCCCC(C)C)OC(=O)CCCCCCCCCCCCCC(C)C. The number of phosphoric acid groups is 2. The topological polar surface area (TPSA) is 237 Å². The fourth-order valence-electron chi connectivity index (χ4n) is 11.3. The summed E-state index contributed by atoms with van der Waals surface area (Å²) in [6.45, 7) is 9.59. The summed E-state index contributed by atoms with van der Waals surface area (Å²) in [4.78, 5) is 72.7. The van der Waals surface area contributed by atoms with Crippen molar-refractivity contribution in [3.05, 3.63) is 0 Å². The molecule has 0 fully saturated rings. The molecule has 0 bridgehead atoms. The molecule has 0 amide bonds. The summed E-state index contributed by atoms with van der Waals surface area (Å²) in [6.07, 6.45) is 52.5. The van der Waals surface area contributed by atoms with Crippen molar-refractivity contribution >= 4 is 39.5 Å². The minimum Gasteiger partial charge on any atom is -0.462 e. The van der Waals surface area contributed by atoms with Gasteiger partial charge in [-0.3, -0.25) is 37.3 Å². The highest BCUT2D eigenvalue weighted by Gasteiger charge is 2.30. The number of hydrogen-bond acceptors (Lipinski definition) is 15. The number of unbranched alkanes of at least 4 members (excludes halogenated alkanes) is 43. The van der Waals surface area contributed by atoms with E-state index < -0.39 is 97.5 Å². The quantitative estimate of drug-likeness (QED) is 0.0222. The molecule has 19 heteroatoms. The molecule has 0 aromatic carbocycles. The molecular weight excluding hydrogens is 1220 g/mol. The molecular formula is C74H144O17P2. The molecule has 0 aliphatic carbocycles. The lowest BCUT2D eigenvalue weighted by Gasteiger charge is -2.21. The zero-order chi connectivity index (χ0) is 68.6. The van der Waals surface area contributed by atoms with Crippen LogP contribution in [0, 0.1) is 11.8 Å². The van der Waals surface area contributed by atoms with E-state index in [4.69, 9.17) is 37.0 Å². The van der Waals surface area contributed by atoms with Gasteiger partial charge in [-0.15, -0.1) is 0 Å². The maximum absolute atomic E-state index is 13.1. The first kappa shape index (κ1) is 91.1. The lowest BCUT2D eigenvalue weighted by molar-refractivity contribution is -0.161. The van der Waals surface area contributed by atoms with E-state index >= 15 is 0 Å². The molecule has 0 aliphatic rings. The number of aliphatic hydroxyl groups excluding tert-OH is 1. The first-order valence-corrected chi connectivity index (χ1v) is 41.5. The molecule has 0 aromatic heterocycles. The van der Waals surface area contributed by atoms with Gasteiger partial charge in [0.1, 0.15) is 19.3 Å². The summed E-state index contributed by atoms with van der Waals surface area (Å²) < 4.78 is 68.5. The third-order valence-electron chi connectivity index (χ3n) is 17.2. The molecule has 0 aliphatic heterocycles. The summed E-state index contributed by atoms with van der Waals surface area (Å²) >= 11 is 0. The van der Waals surface area contributed by atoms with E-state index in [9.17, 15) is 43.2 Å². The number of rotatable bonds is 73. The summed E-state index contributed by atoms with van der Waals surface area (Å²) in [7, 11) is -9.91. The number of carbonyl (C=O) groups is 4. The van der Waals surface area contributed by atoms with Crippen LogP contribution in [-0.2, 0) is 65.4 Å². The van der Waals surface area contributed by atoms with Gasteiger partial charge in [-0.2, -0.15) is 0 Å². The second-order valence-electron chi connectivity index (χ2n) is 27.6. The van der Waals surface area contributed by atoms with Gasteiger partial charge in [0.05, 0.1) is 26.4 Å². The molecule has 5 atom stereocenters. The lowest BCUT2D eigenvalue weighted by atomic mass is 10.0. The van der Waals surface area contributed by atoms with Gasteiger partial charge in [0.25, 0.3) is 0 Å². The Morgan fingerprint density at radius 2 is 0.495 bits per heavy atom. The van der Waals surface area contributed by atoms with E-state index in [0.717, 1.165) is 102 Å². The van der Waals surface area contributed by atoms with Crippen LogP contribution in [0.1, 0.15) is 382 Å². The Labute approximate surface area is 568 Å². The number of carbonyl (C=O) groups excluding carboxylic acids is 4. The van der Waals surface area contributed by atoms with E-state index in [1.807, 2.05) is 0 Å². The van der Waals surface area contributed by atoms with Crippen LogP contribution in [0.15, 0.2) is 0 Å². The molecule has 17 nitrogen and oxygen atoms in total. The minimum atomic E-state index is -4.95. The van der Waals surface area contributed by atoms with Crippen LogP contribution >= 0.6 is 15.6 Å².